The molecule has 0 radical (unpaired) electrons. The van der Waals surface area contributed by atoms with Crippen molar-refractivity contribution in [3.63, 3.8) is 0 Å². The van der Waals surface area contributed by atoms with Crippen LogP contribution in [-0.4, -0.2) is 63.8 Å². The van der Waals surface area contributed by atoms with E-state index in [1.165, 1.54) is 12.2 Å². The smallest absolute Gasteiger partial charge is 0.193 e. The molecule has 6 aliphatic rings. The molecule has 11 atom stereocenters. The van der Waals surface area contributed by atoms with E-state index in [4.69, 9.17) is 9.47 Å². The van der Waals surface area contributed by atoms with E-state index in [0.717, 1.165) is 0 Å². The molecule has 1 saturated heterocycles. The Kier molecular flexibility index (Phi) is 3.69. The Hall–Kier alpha value is -1.22. The number of rotatable bonds is 2. The van der Waals surface area contributed by atoms with Gasteiger partial charge in [-0.2, -0.15) is 0 Å². The van der Waals surface area contributed by atoms with Gasteiger partial charge in [-0.15, -0.1) is 0 Å². The summed E-state index contributed by atoms with van der Waals surface area (Å²) in [5.74, 6) is -4.16. The Morgan fingerprint density at radius 3 is 2.56 bits per heavy atom. The Bertz CT molecular complexity index is 982. The predicted molar refractivity (Wildman–Crippen MR) is 107 cm³/mol. The van der Waals surface area contributed by atoms with Crippen LogP contribution in [0, 0.1) is 34.0 Å². The number of ketones is 2. The first-order valence-corrected chi connectivity index (χ1v) is 11.5. The van der Waals surface area contributed by atoms with Gasteiger partial charge in [0.15, 0.2) is 23.0 Å². The van der Waals surface area contributed by atoms with Crippen molar-refractivity contribution in [2.75, 3.05) is 6.61 Å². The average Bonchev–Trinajstić information content (AvgIpc) is 2.90. The van der Waals surface area contributed by atoms with Crippen LogP contribution in [0.15, 0.2) is 12.2 Å². The van der Waals surface area contributed by atoms with Gasteiger partial charge in [-0.25, -0.2) is 8.78 Å². The summed E-state index contributed by atoms with van der Waals surface area (Å²) in [6, 6.07) is 0. The van der Waals surface area contributed by atoms with Gasteiger partial charge in [-0.1, -0.05) is 19.9 Å². The third-order valence-electron chi connectivity index (χ3n) is 10.6. The topological polar surface area (TPSA) is 93.1 Å². The van der Waals surface area contributed by atoms with Crippen LogP contribution >= 0.6 is 0 Å². The van der Waals surface area contributed by atoms with Crippen LogP contribution in [0.3, 0.4) is 0 Å². The van der Waals surface area contributed by atoms with Crippen LogP contribution in [0.1, 0.15) is 47.0 Å². The van der Waals surface area contributed by atoms with Crippen LogP contribution in [0.25, 0.3) is 0 Å². The molecule has 1 heterocycles. The van der Waals surface area contributed by atoms with Gasteiger partial charge in [-0.3, -0.25) is 9.59 Å². The zero-order chi connectivity index (χ0) is 23.3. The normalized spacial score (nSPS) is 60.9. The minimum Gasteiger partial charge on any atom is -0.390 e. The predicted octanol–water partition coefficient (Wildman–Crippen LogP) is 2.06. The molecule has 32 heavy (non-hydrogen) atoms. The molecule has 5 fully saturated rings. The quantitative estimate of drug-likeness (QED) is 0.666. The summed E-state index contributed by atoms with van der Waals surface area (Å²) in [4.78, 5) is 25.7. The van der Waals surface area contributed by atoms with Crippen molar-refractivity contribution in [1.82, 2.24) is 0 Å². The number of carbonyl (C=O) groups excluding carboxylic acids is 2. The van der Waals surface area contributed by atoms with Crippen molar-refractivity contribution in [2.24, 2.45) is 34.0 Å². The Labute approximate surface area is 185 Å². The highest BCUT2D eigenvalue weighted by Gasteiger charge is 2.93. The van der Waals surface area contributed by atoms with Crippen molar-refractivity contribution in [1.29, 1.82) is 0 Å². The fourth-order valence-corrected chi connectivity index (χ4v) is 9.47. The second kappa shape index (κ2) is 5.53. The van der Waals surface area contributed by atoms with E-state index in [2.05, 4.69) is 0 Å². The summed E-state index contributed by atoms with van der Waals surface area (Å²) in [5, 5.41) is 21.2. The Balaban J connectivity index is 1.49. The third-order valence-corrected chi connectivity index (χ3v) is 10.6. The minimum atomic E-state index is -2.18. The maximum absolute atomic E-state index is 17.2. The number of ether oxygens (including phenoxy) is 2. The molecule has 0 aromatic heterocycles. The highest BCUT2D eigenvalue weighted by Crippen LogP contribution is 2.86. The van der Waals surface area contributed by atoms with Crippen LogP contribution in [0.4, 0.5) is 8.78 Å². The van der Waals surface area contributed by atoms with E-state index in [0.29, 0.717) is 0 Å². The fourth-order valence-electron chi connectivity index (χ4n) is 9.47. The number of aliphatic hydroxyl groups excluding tert-OH is 2. The van der Waals surface area contributed by atoms with Gasteiger partial charge in [0.05, 0.1) is 12.2 Å². The maximum atomic E-state index is 17.2. The lowest BCUT2D eigenvalue weighted by atomic mass is 9.47. The summed E-state index contributed by atoms with van der Waals surface area (Å²) in [5.41, 5.74) is -7.32. The van der Waals surface area contributed by atoms with Gasteiger partial charge in [-0.05, 0) is 45.1 Å². The number of fused-ring (bicyclic) bond motifs is 7. The zero-order valence-electron chi connectivity index (χ0n) is 18.7. The number of alkyl halides is 2. The van der Waals surface area contributed by atoms with Gasteiger partial charge in [0, 0.05) is 28.1 Å². The molecule has 5 aliphatic carbocycles. The van der Waals surface area contributed by atoms with E-state index in [9.17, 15) is 19.8 Å². The SMILES string of the molecule is CC1(C)O[C@H]2C[C@@H]3[C@H]4C[C@@H](F)[C@]56C=CC(=O)[C@H]5[C@]6(C)[C@]4(F)[C@H](O)C[C@@]3(C)[C@@]2(C(=O)CO)O1. The molecule has 0 unspecified atom stereocenters. The van der Waals surface area contributed by atoms with Gasteiger partial charge >= 0.3 is 0 Å². The number of aliphatic hydroxyl groups is 2. The lowest BCUT2D eigenvalue weighted by Crippen LogP contribution is -2.69. The van der Waals surface area contributed by atoms with Crippen molar-refractivity contribution >= 4 is 11.6 Å². The number of halogens is 2. The standard InChI is InChI=1S/C24H30F2O6/c1-19(2)31-17-8-11-12-7-14(25)22-6-5-13(28)18(22)21(22,4)23(12,26)15(29)9-20(11,3)24(17,32-19)16(30)10-27/h5-6,11-12,14-15,17-18,27,29H,7-10H2,1-4H3/t11-,12-,14-,15-,17+,18+,20-,21+,22-,23-,24+/m1/s1. The van der Waals surface area contributed by atoms with Crippen molar-refractivity contribution in [2.45, 2.75) is 82.4 Å². The lowest BCUT2D eigenvalue weighted by molar-refractivity contribution is -0.252. The molecule has 0 amide bonds. The number of allylic oxidation sites excluding steroid dienone is 2. The van der Waals surface area contributed by atoms with Crippen LogP contribution in [-0.2, 0) is 19.1 Å². The highest BCUT2D eigenvalue weighted by molar-refractivity contribution is 6.01. The monoisotopic (exact) mass is 452 g/mol. The Morgan fingerprint density at radius 1 is 1.22 bits per heavy atom. The summed E-state index contributed by atoms with van der Waals surface area (Å²) >= 11 is 0. The first kappa shape index (κ1) is 21.3. The summed E-state index contributed by atoms with van der Waals surface area (Å²) in [7, 11) is 0. The molecule has 176 valence electrons. The van der Waals surface area contributed by atoms with E-state index in [1.807, 2.05) is 0 Å². The largest absolute Gasteiger partial charge is 0.390 e. The van der Waals surface area contributed by atoms with Crippen LogP contribution in [0.2, 0.25) is 0 Å². The summed E-state index contributed by atoms with van der Waals surface area (Å²) in [6.07, 6.45) is -0.770. The maximum Gasteiger partial charge on any atom is 0.193 e. The van der Waals surface area contributed by atoms with Gasteiger partial charge in [0.2, 0.25) is 0 Å². The molecule has 0 aromatic rings. The first-order chi connectivity index (χ1) is 14.8. The van der Waals surface area contributed by atoms with Crippen LogP contribution < -0.4 is 0 Å². The van der Waals surface area contributed by atoms with E-state index in [-0.39, 0.29) is 25.0 Å². The minimum absolute atomic E-state index is 0.0976. The third kappa shape index (κ3) is 1.78. The number of carbonyl (C=O) groups is 2. The van der Waals surface area contributed by atoms with Crippen molar-refractivity contribution < 1.29 is 38.1 Å². The van der Waals surface area contributed by atoms with Crippen molar-refractivity contribution in [3.8, 4) is 0 Å². The number of hydrogen-bond donors (Lipinski definition) is 2. The summed E-state index contributed by atoms with van der Waals surface area (Å²) < 4.78 is 45.2. The highest BCUT2D eigenvalue weighted by atomic mass is 19.1. The molecule has 8 heteroatoms. The first-order valence-electron chi connectivity index (χ1n) is 11.5. The van der Waals surface area contributed by atoms with Gasteiger partial charge in [0.1, 0.15) is 18.4 Å². The van der Waals surface area contributed by atoms with E-state index >= 15 is 8.78 Å². The molecule has 1 spiro atoms. The fraction of sp³-hybridized carbons (Fsp3) is 0.833. The van der Waals surface area contributed by atoms with Gasteiger partial charge < -0.3 is 19.7 Å². The average molecular weight is 452 g/mol. The molecule has 0 bridgehead atoms. The van der Waals surface area contributed by atoms with E-state index in [1.54, 1.807) is 27.7 Å². The van der Waals surface area contributed by atoms with Gasteiger partial charge in [0.25, 0.3) is 0 Å². The van der Waals surface area contributed by atoms with Crippen molar-refractivity contribution in [3.05, 3.63) is 12.2 Å². The number of Topliss-reactive ketones (excluding diaryl/α,β-unsaturated/α-hetero) is 1. The summed E-state index contributed by atoms with van der Waals surface area (Å²) in [6.45, 7) is 5.97. The molecule has 6 rings (SSSR count). The molecule has 2 N–H and O–H groups in total. The second-order valence-corrected chi connectivity index (χ2v) is 11.8. The van der Waals surface area contributed by atoms with Crippen LogP contribution in [0.5, 0.6) is 0 Å². The zero-order valence-corrected chi connectivity index (χ0v) is 18.7. The second-order valence-electron chi connectivity index (χ2n) is 11.8. The molecular formula is C24H30F2O6. The molecule has 6 nitrogen and oxygen atoms in total. The van der Waals surface area contributed by atoms with E-state index < -0.39 is 81.8 Å². The molecule has 4 saturated carbocycles. The molecular weight excluding hydrogens is 422 g/mol. The lowest BCUT2D eigenvalue weighted by Gasteiger charge is -2.60. The molecule has 1 aliphatic heterocycles. The Morgan fingerprint density at radius 2 is 1.91 bits per heavy atom. The number of hydrogen-bond acceptors (Lipinski definition) is 6. The molecule has 0 aromatic carbocycles.